The molecule has 0 radical (unpaired) electrons. The average Bonchev–Trinajstić information content (AvgIpc) is 2.57. The monoisotopic (exact) mass is 332 g/mol. The maximum absolute atomic E-state index is 12.1. The van der Waals surface area contributed by atoms with Crippen LogP contribution in [0.2, 0.25) is 0 Å². The highest BCUT2D eigenvalue weighted by Crippen LogP contribution is 2.27. The van der Waals surface area contributed by atoms with Crippen LogP contribution < -0.4 is 10.2 Å². The summed E-state index contributed by atoms with van der Waals surface area (Å²) in [5.74, 6) is -1.65. The first-order chi connectivity index (χ1) is 11.5. The Bertz CT molecular complexity index is 615. The Kier molecular flexibility index (Phi) is 6.35. The maximum atomic E-state index is 12.1. The number of fused-ring (bicyclic) bond motifs is 1. The summed E-state index contributed by atoms with van der Waals surface area (Å²) in [6.07, 6.45) is 2.64. The van der Waals surface area contributed by atoms with Crippen LogP contribution in [0.5, 0.6) is 0 Å². The number of rotatable bonds is 8. The molecule has 0 bridgehead atoms. The smallest absolute Gasteiger partial charge is 0.308 e. The van der Waals surface area contributed by atoms with Gasteiger partial charge in [0.1, 0.15) is 0 Å². The van der Waals surface area contributed by atoms with E-state index in [1.807, 2.05) is 31.2 Å². The zero-order chi connectivity index (χ0) is 17.5. The first kappa shape index (κ1) is 18.0. The lowest BCUT2D eigenvalue weighted by molar-refractivity contribution is -0.142. The van der Waals surface area contributed by atoms with Crippen LogP contribution in [-0.2, 0) is 20.8 Å². The molecule has 1 aromatic rings. The van der Waals surface area contributed by atoms with Crippen LogP contribution in [-0.4, -0.2) is 36.0 Å². The summed E-state index contributed by atoms with van der Waals surface area (Å²) in [5.41, 5.74) is 1.99. The van der Waals surface area contributed by atoms with Gasteiger partial charge in [0.05, 0.1) is 5.92 Å². The van der Waals surface area contributed by atoms with Gasteiger partial charge in [-0.15, -0.1) is 0 Å². The Morgan fingerprint density at radius 1 is 1.29 bits per heavy atom. The third kappa shape index (κ3) is 4.57. The molecule has 0 aliphatic carbocycles. The van der Waals surface area contributed by atoms with Crippen LogP contribution in [0.1, 0.15) is 38.2 Å². The van der Waals surface area contributed by atoms with Gasteiger partial charge in [0.2, 0.25) is 11.8 Å². The largest absolute Gasteiger partial charge is 0.481 e. The highest BCUT2D eigenvalue weighted by molar-refractivity contribution is 5.97. The number of benzene rings is 1. The maximum Gasteiger partial charge on any atom is 0.308 e. The van der Waals surface area contributed by atoms with Crippen molar-refractivity contribution in [3.63, 3.8) is 0 Å². The number of carboxylic acids is 1. The zero-order valence-electron chi connectivity index (χ0n) is 14.0. The summed E-state index contributed by atoms with van der Waals surface area (Å²) in [4.78, 5) is 36.9. The topological polar surface area (TPSA) is 86.7 Å². The van der Waals surface area contributed by atoms with Gasteiger partial charge in [0.25, 0.3) is 0 Å². The summed E-state index contributed by atoms with van der Waals surface area (Å²) in [7, 11) is 0. The first-order valence-electron chi connectivity index (χ1n) is 8.40. The fourth-order valence-electron chi connectivity index (χ4n) is 2.94. The predicted octanol–water partition coefficient (Wildman–Crippen LogP) is 1.97. The highest BCUT2D eigenvalue weighted by Gasteiger charge is 2.24. The zero-order valence-corrected chi connectivity index (χ0v) is 14.0. The summed E-state index contributed by atoms with van der Waals surface area (Å²) in [5, 5.41) is 11.8. The van der Waals surface area contributed by atoms with Crippen LogP contribution >= 0.6 is 0 Å². The van der Waals surface area contributed by atoms with Crippen LogP contribution in [0.15, 0.2) is 24.3 Å². The van der Waals surface area contributed by atoms with Crippen LogP contribution in [0, 0.1) is 5.92 Å². The summed E-state index contributed by atoms with van der Waals surface area (Å²) in [6, 6.07) is 7.72. The minimum absolute atomic E-state index is 0.0240. The standard InChI is InChI=1S/C18H24N2O4/c1-2-5-14(18(23)24)12-19-16(21)10-11-20-15-7-4-3-6-13(15)8-9-17(20)22/h3-4,6-7,14H,2,5,8-12H2,1H3,(H,19,21)(H,23,24). The van der Waals surface area contributed by atoms with Crippen molar-refractivity contribution in [1.82, 2.24) is 5.32 Å². The van der Waals surface area contributed by atoms with Gasteiger partial charge in [0, 0.05) is 31.6 Å². The third-order valence-corrected chi connectivity index (χ3v) is 4.29. The molecule has 1 aromatic carbocycles. The molecule has 1 unspecified atom stereocenters. The van der Waals surface area contributed by atoms with Gasteiger partial charge in [0.15, 0.2) is 0 Å². The minimum Gasteiger partial charge on any atom is -0.481 e. The molecule has 2 amide bonds. The number of carboxylic acid groups (broad SMARTS) is 1. The van der Waals surface area contributed by atoms with E-state index in [1.54, 1.807) is 4.90 Å². The van der Waals surface area contributed by atoms with Crippen molar-refractivity contribution in [2.45, 2.75) is 39.0 Å². The molecule has 130 valence electrons. The number of nitrogens with zero attached hydrogens (tertiary/aromatic N) is 1. The Hall–Kier alpha value is -2.37. The number of para-hydroxylation sites is 1. The van der Waals surface area contributed by atoms with Gasteiger partial charge >= 0.3 is 5.97 Å². The van der Waals surface area contributed by atoms with E-state index in [0.717, 1.165) is 24.1 Å². The first-order valence-corrected chi connectivity index (χ1v) is 8.40. The summed E-state index contributed by atoms with van der Waals surface area (Å²) in [6.45, 7) is 2.36. The predicted molar refractivity (Wildman–Crippen MR) is 90.8 cm³/mol. The molecule has 6 heteroatoms. The number of aliphatic carboxylic acids is 1. The fourth-order valence-corrected chi connectivity index (χ4v) is 2.94. The number of amides is 2. The Balaban J connectivity index is 1.87. The molecule has 24 heavy (non-hydrogen) atoms. The molecule has 0 spiro atoms. The van der Waals surface area contributed by atoms with E-state index in [9.17, 15) is 14.4 Å². The summed E-state index contributed by atoms with van der Waals surface area (Å²) >= 11 is 0. The number of hydrogen-bond donors (Lipinski definition) is 2. The molecule has 1 aliphatic heterocycles. The fraction of sp³-hybridized carbons (Fsp3) is 0.500. The lowest BCUT2D eigenvalue weighted by Gasteiger charge is -2.29. The van der Waals surface area contributed by atoms with Gasteiger partial charge in [-0.3, -0.25) is 14.4 Å². The van der Waals surface area contributed by atoms with Crippen LogP contribution in [0.25, 0.3) is 0 Å². The molecule has 0 aromatic heterocycles. The molecule has 0 fully saturated rings. The summed E-state index contributed by atoms with van der Waals surface area (Å²) < 4.78 is 0. The highest BCUT2D eigenvalue weighted by atomic mass is 16.4. The van der Waals surface area contributed by atoms with Gasteiger partial charge in [-0.05, 0) is 24.5 Å². The molecule has 0 saturated heterocycles. The number of anilines is 1. The molecule has 1 heterocycles. The van der Waals surface area contributed by atoms with E-state index in [1.165, 1.54) is 0 Å². The lowest BCUT2D eigenvalue weighted by atomic mass is 10.0. The normalized spacial score (nSPS) is 14.9. The van der Waals surface area contributed by atoms with Crippen molar-refractivity contribution in [3.05, 3.63) is 29.8 Å². The van der Waals surface area contributed by atoms with Gasteiger partial charge < -0.3 is 15.3 Å². The lowest BCUT2D eigenvalue weighted by Crippen LogP contribution is -2.39. The van der Waals surface area contributed by atoms with E-state index >= 15 is 0 Å². The van der Waals surface area contributed by atoms with Crippen molar-refractivity contribution in [3.8, 4) is 0 Å². The molecule has 1 atom stereocenters. The van der Waals surface area contributed by atoms with E-state index < -0.39 is 11.9 Å². The van der Waals surface area contributed by atoms with Crippen molar-refractivity contribution in [2.24, 2.45) is 5.92 Å². The second kappa shape index (κ2) is 8.47. The van der Waals surface area contributed by atoms with E-state index in [0.29, 0.717) is 19.4 Å². The molecular formula is C18H24N2O4. The number of aryl methyl sites for hydroxylation is 1. The quantitative estimate of drug-likeness (QED) is 0.762. The molecule has 1 aliphatic rings. The van der Waals surface area contributed by atoms with Crippen LogP contribution in [0.4, 0.5) is 5.69 Å². The Morgan fingerprint density at radius 2 is 2.04 bits per heavy atom. The average molecular weight is 332 g/mol. The van der Waals surface area contributed by atoms with Gasteiger partial charge in [-0.25, -0.2) is 0 Å². The Labute approximate surface area is 141 Å². The molecule has 6 nitrogen and oxygen atoms in total. The van der Waals surface area contributed by atoms with Gasteiger partial charge in [-0.1, -0.05) is 31.5 Å². The molecule has 2 N–H and O–H groups in total. The third-order valence-electron chi connectivity index (χ3n) is 4.29. The second-order valence-electron chi connectivity index (χ2n) is 6.05. The van der Waals surface area contributed by atoms with E-state index in [4.69, 9.17) is 5.11 Å². The second-order valence-corrected chi connectivity index (χ2v) is 6.05. The van der Waals surface area contributed by atoms with Crippen molar-refractivity contribution >= 4 is 23.5 Å². The minimum atomic E-state index is -0.891. The number of nitrogens with one attached hydrogen (secondary N) is 1. The number of carbonyl (C=O) groups excluding carboxylic acids is 2. The molecular weight excluding hydrogens is 308 g/mol. The van der Waals surface area contributed by atoms with E-state index in [-0.39, 0.29) is 24.8 Å². The van der Waals surface area contributed by atoms with Crippen molar-refractivity contribution in [2.75, 3.05) is 18.0 Å². The van der Waals surface area contributed by atoms with Crippen molar-refractivity contribution in [1.29, 1.82) is 0 Å². The number of carbonyl (C=O) groups is 3. The van der Waals surface area contributed by atoms with Crippen LogP contribution in [0.3, 0.4) is 0 Å². The number of hydrogen-bond acceptors (Lipinski definition) is 3. The van der Waals surface area contributed by atoms with Gasteiger partial charge in [-0.2, -0.15) is 0 Å². The van der Waals surface area contributed by atoms with E-state index in [2.05, 4.69) is 5.32 Å². The Morgan fingerprint density at radius 3 is 2.75 bits per heavy atom. The molecule has 0 saturated carbocycles. The SMILES string of the molecule is CCCC(CNC(=O)CCN1C(=O)CCc2ccccc21)C(=O)O. The van der Waals surface area contributed by atoms with Crippen molar-refractivity contribution < 1.29 is 19.5 Å². The molecule has 2 rings (SSSR count).